The summed E-state index contributed by atoms with van der Waals surface area (Å²) in [5.41, 5.74) is 3.04. The number of benzene rings is 2. The van der Waals surface area contributed by atoms with Crippen molar-refractivity contribution in [2.75, 3.05) is 38.3 Å². The molecule has 0 spiro atoms. The van der Waals surface area contributed by atoms with Crippen LogP contribution < -0.4 is 4.90 Å². The lowest BCUT2D eigenvalue weighted by Crippen LogP contribution is -2.40. The predicted molar refractivity (Wildman–Crippen MR) is 91.7 cm³/mol. The standard InChI is InChI=1S/C19H22N2O2/c1-20(15-16-6-3-2-4-7-16)18-9-5-8-17(14-18)19(22)21-10-12-23-13-11-21/h2-9,14H,10-13,15H2,1H3. The summed E-state index contributed by atoms with van der Waals surface area (Å²) in [6.45, 7) is 3.40. The van der Waals surface area contributed by atoms with Gasteiger partial charge in [0.15, 0.2) is 0 Å². The van der Waals surface area contributed by atoms with E-state index < -0.39 is 0 Å². The highest BCUT2D eigenvalue weighted by Gasteiger charge is 2.18. The number of ether oxygens (including phenoxy) is 1. The highest BCUT2D eigenvalue weighted by molar-refractivity contribution is 5.95. The van der Waals surface area contributed by atoms with Crippen LogP contribution in [-0.4, -0.2) is 44.2 Å². The van der Waals surface area contributed by atoms with Gasteiger partial charge in [-0.25, -0.2) is 0 Å². The molecule has 0 bridgehead atoms. The molecule has 0 aliphatic carbocycles. The van der Waals surface area contributed by atoms with Crippen LogP contribution >= 0.6 is 0 Å². The first-order valence-electron chi connectivity index (χ1n) is 7.96. The molecule has 120 valence electrons. The van der Waals surface area contributed by atoms with Gasteiger partial charge in [-0.1, -0.05) is 36.4 Å². The molecule has 0 saturated carbocycles. The topological polar surface area (TPSA) is 32.8 Å². The van der Waals surface area contributed by atoms with Gasteiger partial charge in [0.1, 0.15) is 0 Å². The first-order valence-corrected chi connectivity index (χ1v) is 7.96. The molecular formula is C19H22N2O2. The number of morpholine rings is 1. The Balaban J connectivity index is 1.72. The second-order valence-electron chi connectivity index (χ2n) is 5.80. The second-order valence-corrected chi connectivity index (χ2v) is 5.80. The van der Waals surface area contributed by atoms with Gasteiger partial charge in [-0.05, 0) is 23.8 Å². The van der Waals surface area contributed by atoms with Crippen molar-refractivity contribution in [2.45, 2.75) is 6.54 Å². The van der Waals surface area contributed by atoms with Gasteiger partial charge in [0, 0.05) is 37.9 Å². The highest BCUT2D eigenvalue weighted by Crippen LogP contribution is 2.19. The van der Waals surface area contributed by atoms with Crippen molar-refractivity contribution in [2.24, 2.45) is 0 Å². The first-order chi connectivity index (χ1) is 11.2. The van der Waals surface area contributed by atoms with Crippen molar-refractivity contribution in [3.8, 4) is 0 Å². The SMILES string of the molecule is CN(Cc1ccccc1)c1cccc(C(=O)N2CCOCC2)c1. The van der Waals surface area contributed by atoms with Crippen molar-refractivity contribution < 1.29 is 9.53 Å². The molecule has 0 unspecified atom stereocenters. The van der Waals surface area contributed by atoms with E-state index in [9.17, 15) is 4.79 Å². The third kappa shape index (κ3) is 3.90. The molecule has 23 heavy (non-hydrogen) atoms. The number of carbonyl (C=O) groups is 1. The number of rotatable bonds is 4. The van der Waals surface area contributed by atoms with Crippen molar-refractivity contribution >= 4 is 11.6 Å². The number of hydrogen-bond acceptors (Lipinski definition) is 3. The Morgan fingerprint density at radius 2 is 1.83 bits per heavy atom. The molecule has 1 aliphatic heterocycles. The molecule has 4 heteroatoms. The maximum absolute atomic E-state index is 12.6. The van der Waals surface area contributed by atoms with E-state index in [0.29, 0.717) is 26.3 Å². The smallest absolute Gasteiger partial charge is 0.254 e. The van der Waals surface area contributed by atoms with Crippen LogP contribution in [-0.2, 0) is 11.3 Å². The van der Waals surface area contributed by atoms with Crippen LogP contribution in [0.25, 0.3) is 0 Å². The summed E-state index contributed by atoms with van der Waals surface area (Å²) < 4.78 is 5.31. The maximum Gasteiger partial charge on any atom is 0.254 e. The Kier molecular flexibility index (Phi) is 4.93. The summed E-state index contributed by atoms with van der Waals surface area (Å²) in [4.78, 5) is 16.6. The largest absolute Gasteiger partial charge is 0.378 e. The fourth-order valence-electron chi connectivity index (χ4n) is 2.77. The lowest BCUT2D eigenvalue weighted by molar-refractivity contribution is 0.0303. The van der Waals surface area contributed by atoms with Crippen LogP contribution in [0.3, 0.4) is 0 Å². The van der Waals surface area contributed by atoms with Gasteiger partial charge < -0.3 is 14.5 Å². The normalized spacial score (nSPS) is 14.6. The summed E-state index contributed by atoms with van der Waals surface area (Å²) in [6.07, 6.45) is 0. The molecule has 0 N–H and O–H groups in total. The molecule has 4 nitrogen and oxygen atoms in total. The third-order valence-electron chi connectivity index (χ3n) is 4.09. The molecular weight excluding hydrogens is 288 g/mol. The van der Waals surface area contributed by atoms with Gasteiger partial charge in [-0.2, -0.15) is 0 Å². The molecule has 0 atom stereocenters. The third-order valence-corrected chi connectivity index (χ3v) is 4.09. The van der Waals surface area contributed by atoms with Crippen molar-refractivity contribution in [1.29, 1.82) is 0 Å². The summed E-state index contributed by atoms with van der Waals surface area (Å²) in [5.74, 6) is 0.0864. The number of nitrogens with zero attached hydrogens (tertiary/aromatic N) is 2. The van der Waals surface area contributed by atoms with E-state index in [2.05, 4.69) is 17.0 Å². The Hall–Kier alpha value is -2.33. The number of carbonyl (C=O) groups excluding carboxylic acids is 1. The Morgan fingerprint density at radius 3 is 2.57 bits per heavy atom. The minimum Gasteiger partial charge on any atom is -0.378 e. The average Bonchev–Trinajstić information content (AvgIpc) is 2.63. The van der Waals surface area contributed by atoms with Crippen LogP contribution in [0.5, 0.6) is 0 Å². The molecule has 2 aromatic carbocycles. The zero-order valence-corrected chi connectivity index (χ0v) is 13.4. The number of anilines is 1. The second kappa shape index (κ2) is 7.29. The Bertz CT molecular complexity index is 651. The number of hydrogen-bond donors (Lipinski definition) is 0. The van der Waals surface area contributed by atoms with Crippen LogP contribution in [0.1, 0.15) is 15.9 Å². The molecule has 1 saturated heterocycles. The lowest BCUT2D eigenvalue weighted by Gasteiger charge is -2.27. The molecule has 1 aliphatic rings. The van der Waals surface area contributed by atoms with E-state index >= 15 is 0 Å². The van der Waals surface area contributed by atoms with E-state index in [1.807, 2.05) is 54.4 Å². The molecule has 0 radical (unpaired) electrons. The molecule has 1 heterocycles. The quantitative estimate of drug-likeness (QED) is 0.870. The fraction of sp³-hybridized carbons (Fsp3) is 0.316. The van der Waals surface area contributed by atoms with E-state index in [-0.39, 0.29) is 5.91 Å². The Labute approximate surface area is 137 Å². The van der Waals surface area contributed by atoms with E-state index in [4.69, 9.17) is 4.74 Å². The zero-order valence-electron chi connectivity index (χ0n) is 13.4. The van der Waals surface area contributed by atoms with Crippen molar-refractivity contribution in [3.05, 3.63) is 65.7 Å². The average molecular weight is 310 g/mol. The molecule has 0 aromatic heterocycles. The van der Waals surface area contributed by atoms with Crippen LogP contribution in [0.15, 0.2) is 54.6 Å². The van der Waals surface area contributed by atoms with Gasteiger partial charge in [-0.3, -0.25) is 4.79 Å². The summed E-state index contributed by atoms with van der Waals surface area (Å²) in [5, 5.41) is 0. The molecule has 2 aromatic rings. The van der Waals surface area contributed by atoms with Crippen LogP contribution in [0, 0.1) is 0 Å². The highest BCUT2D eigenvalue weighted by atomic mass is 16.5. The molecule has 1 amide bonds. The summed E-state index contributed by atoms with van der Waals surface area (Å²) in [6, 6.07) is 18.2. The fourth-order valence-corrected chi connectivity index (χ4v) is 2.77. The number of amides is 1. The maximum atomic E-state index is 12.6. The van der Waals surface area contributed by atoms with Crippen LogP contribution in [0.4, 0.5) is 5.69 Å². The zero-order chi connectivity index (χ0) is 16.1. The summed E-state index contributed by atoms with van der Waals surface area (Å²) >= 11 is 0. The first kappa shape index (κ1) is 15.6. The predicted octanol–water partition coefficient (Wildman–Crippen LogP) is 2.80. The Morgan fingerprint density at radius 1 is 1.09 bits per heavy atom. The van der Waals surface area contributed by atoms with E-state index in [1.54, 1.807) is 0 Å². The van der Waals surface area contributed by atoms with Gasteiger partial charge in [0.2, 0.25) is 0 Å². The van der Waals surface area contributed by atoms with Crippen molar-refractivity contribution in [1.82, 2.24) is 4.90 Å². The van der Waals surface area contributed by atoms with Crippen molar-refractivity contribution in [3.63, 3.8) is 0 Å². The van der Waals surface area contributed by atoms with Gasteiger partial charge in [0.25, 0.3) is 5.91 Å². The van der Waals surface area contributed by atoms with E-state index in [0.717, 1.165) is 17.8 Å². The lowest BCUT2D eigenvalue weighted by atomic mass is 10.1. The minimum atomic E-state index is 0.0864. The van der Waals surface area contributed by atoms with Crippen LogP contribution in [0.2, 0.25) is 0 Å². The van der Waals surface area contributed by atoms with E-state index in [1.165, 1.54) is 5.56 Å². The molecule has 3 rings (SSSR count). The van der Waals surface area contributed by atoms with Gasteiger partial charge in [-0.15, -0.1) is 0 Å². The van der Waals surface area contributed by atoms with Gasteiger partial charge >= 0.3 is 0 Å². The minimum absolute atomic E-state index is 0.0864. The molecule has 1 fully saturated rings. The monoisotopic (exact) mass is 310 g/mol. The summed E-state index contributed by atoms with van der Waals surface area (Å²) in [7, 11) is 2.05. The van der Waals surface area contributed by atoms with Gasteiger partial charge in [0.05, 0.1) is 13.2 Å².